The van der Waals surface area contributed by atoms with Gasteiger partial charge in [0.15, 0.2) is 6.10 Å². The number of carbonyl (C=O) groups is 3. The van der Waals surface area contributed by atoms with E-state index in [1.807, 2.05) is 21.1 Å². The Morgan fingerprint density at radius 1 is 0.435 bits per heavy atom. The summed E-state index contributed by atoms with van der Waals surface area (Å²) < 4.78 is 22.8. The van der Waals surface area contributed by atoms with E-state index in [1.54, 1.807) is 0 Å². The SMILES string of the molecule is CC/C=C\C/C=C\C/C=C\C/C=C\C/C=C\C/C=C\C/C=C\CCCCCCCC(=O)OC(COC(=O)CCCCCCCCC/C=C\C/C=C\C/C=C\CC)COC(OCC[N+](C)(C)C)C(=O)O. The zero-order valence-corrected chi connectivity index (χ0v) is 44.2. The normalized spacial score (nSPS) is 13.8. The molecule has 0 aliphatic heterocycles. The summed E-state index contributed by atoms with van der Waals surface area (Å²) in [4.78, 5) is 37.3. The van der Waals surface area contributed by atoms with Gasteiger partial charge in [-0.05, 0) is 103 Å². The number of hydrogen-bond acceptors (Lipinski definition) is 7. The summed E-state index contributed by atoms with van der Waals surface area (Å²) in [6, 6.07) is 0. The van der Waals surface area contributed by atoms with Gasteiger partial charge in [-0.2, -0.15) is 0 Å². The highest BCUT2D eigenvalue weighted by Gasteiger charge is 2.25. The zero-order chi connectivity index (χ0) is 50.6. The number of quaternary nitrogens is 1. The maximum atomic E-state index is 12.8. The first-order chi connectivity index (χ1) is 33.6. The van der Waals surface area contributed by atoms with Crippen LogP contribution in [0.4, 0.5) is 0 Å². The Morgan fingerprint density at radius 2 is 0.783 bits per heavy atom. The number of aliphatic carboxylic acids is 1. The average Bonchev–Trinajstić information content (AvgIpc) is 3.31. The molecule has 2 unspecified atom stereocenters. The van der Waals surface area contributed by atoms with Crippen LogP contribution < -0.4 is 0 Å². The molecule has 9 nitrogen and oxygen atoms in total. The van der Waals surface area contributed by atoms with Gasteiger partial charge in [-0.1, -0.05) is 187 Å². The second-order valence-electron chi connectivity index (χ2n) is 18.4. The molecule has 69 heavy (non-hydrogen) atoms. The predicted octanol–water partition coefficient (Wildman–Crippen LogP) is 15.3. The maximum Gasteiger partial charge on any atom is 0.361 e. The monoisotopic (exact) mass is 961 g/mol. The van der Waals surface area contributed by atoms with Crippen molar-refractivity contribution in [2.75, 3.05) is 47.5 Å². The van der Waals surface area contributed by atoms with E-state index in [4.69, 9.17) is 18.9 Å². The van der Waals surface area contributed by atoms with Crippen molar-refractivity contribution >= 4 is 17.9 Å². The van der Waals surface area contributed by atoms with Crippen molar-refractivity contribution in [2.24, 2.45) is 0 Å². The highest BCUT2D eigenvalue weighted by molar-refractivity contribution is 5.71. The lowest BCUT2D eigenvalue weighted by Crippen LogP contribution is -2.40. The summed E-state index contributed by atoms with van der Waals surface area (Å²) in [5.41, 5.74) is 0. The molecule has 9 heteroatoms. The van der Waals surface area contributed by atoms with Crippen LogP contribution in [-0.2, 0) is 33.3 Å². The maximum absolute atomic E-state index is 12.8. The van der Waals surface area contributed by atoms with E-state index in [0.29, 0.717) is 17.4 Å². The molecule has 1 N–H and O–H groups in total. The molecule has 0 spiro atoms. The third-order valence-electron chi connectivity index (χ3n) is 10.7. The number of carboxylic acids is 1. The molecular weight excluding hydrogens is 863 g/mol. The fourth-order valence-electron chi connectivity index (χ4n) is 6.65. The van der Waals surface area contributed by atoms with Gasteiger partial charge in [0.2, 0.25) is 0 Å². The van der Waals surface area contributed by atoms with E-state index >= 15 is 0 Å². The summed E-state index contributed by atoms with van der Waals surface area (Å²) in [5, 5.41) is 9.68. The van der Waals surface area contributed by atoms with Gasteiger partial charge in [0.05, 0.1) is 34.4 Å². The highest BCUT2D eigenvalue weighted by atomic mass is 16.7. The topological polar surface area (TPSA) is 108 Å². The number of unbranched alkanes of at least 4 members (excludes halogenated alkanes) is 12. The van der Waals surface area contributed by atoms with Gasteiger partial charge in [-0.3, -0.25) is 9.59 Å². The first-order valence-corrected chi connectivity index (χ1v) is 26.7. The molecule has 0 amide bonds. The van der Waals surface area contributed by atoms with Crippen LogP contribution in [0, 0.1) is 0 Å². The van der Waals surface area contributed by atoms with Crippen LogP contribution >= 0.6 is 0 Å². The number of allylic oxidation sites excluding steroid dienone is 20. The Hall–Kier alpha value is -4.31. The van der Waals surface area contributed by atoms with Crippen molar-refractivity contribution in [3.63, 3.8) is 0 Å². The molecule has 0 fully saturated rings. The molecule has 0 saturated carbocycles. The lowest BCUT2D eigenvalue weighted by molar-refractivity contribution is -0.870. The molecular formula is C60H98NO8+. The first-order valence-electron chi connectivity index (χ1n) is 26.7. The van der Waals surface area contributed by atoms with Crippen LogP contribution in [0.2, 0.25) is 0 Å². The molecule has 0 heterocycles. The summed E-state index contributed by atoms with van der Waals surface area (Å²) in [7, 11) is 5.94. The van der Waals surface area contributed by atoms with Gasteiger partial charge in [0, 0.05) is 12.8 Å². The van der Waals surface area contributed by atoms with Gasteiger partial charge in [0.25, 0.3) is 6.29 Å². The van der Waals surface area contributed by atoms with E-state index in [-0.39, 0.29) is 38.6 Å². The lowest BCUT2D eigenvalue weighted by Gasteiger charge is -2.25. The van der Waals surface area contributed by atoms with E-state index in [2.05, 4.69) is 135 Å². The number of carboxylic acid groups (broad SMARTS) is 1. The predicted molar refractivity (Wildman–Crippen MR) is 290 cm³/mol. The molecule has 0 bridgehead atoms. The Kier molecular flexibility index (Phi) is 47.0. The third-order valence-corrected chi connectivity index (χ3v) is 10.7. The lowest BCUT2D eigenvalue weighted by atomic mass is 10.1. The number of rotatable bonds is 47. The molecule has 0 aromatic rings. The van der Waals surface area contributed by atoms with Gasteiger partial charge in [-0.15, -0.1) is 0 Å². The minimum absolute atomic E-state index is 0.174. The van der Waals surface area contributed by atoms with Crippen LogP contribution in [0.1, 0.15) is 181 Å². The van der Waals surface area contributed by atoms with E-state index in [9.17, 15) is 19.5 Å². The molecule has 2 atom stereocenters. The van der Waals surface area contributed by atoms with Crippen molar-refractivity contribution in [1.29, 1.82) is 0 Å². The number of esters is 2. The van der Waals surface area contributed by atoms with Gasteiger partial charge >= 0.3 is 17.9 Å². The minimum atomic E-state index is -1.53. The molecule has 0 rings (SSSR count). The van der Waals surface area contributed by atoms with Crippen molar-refractivity contribution in [3.8, 4) is 0 Å². The minimum Gasteiger partial charge on any atom is -0.477 e. The van der Waals surface area contributed by atoms with Gasteiger partial charge in [-0.25, -0.2) is 4.79 Å². The summed E-state index contributed by atoms with van der Waals surface area (Å²) >= 11 is 0. The number of hydrogen-bond donors (Lipinski definition) is 1. The Morgan fingerprint density at radius 3 is 1.16 bits per heavy atom. The summed E-state index contributed by atoms with van der Waals surface area (Å²) in [6.07, 6.45) is 66.9. The molecule has 0 saturated heterocycles. The molecule has 0 aliphatic rings. The van der Waals surface area contributed by atoms with Gasteiger partial charge < -0.3 is 28.5 Å². The van der Waals surface area contributed by atoms with Crippen molar-refractivity contribution < 1.29 is 42.9 Å². The highest BCUT2D eigenvalue weighted by Crippen LogP contribution is 2.13. The largest absolute Gasteiger partial charge is 0.477 e. The molecule has 0 aromatic carbocycles. The Balaban J connectivity index is 4.40. The Bertz CT molecular complexity index is 1540. The van der Waals surface area contributed by atoms with E-state index < -0.39 is 24.3 Å². The standard InChI is InChI=1S/C60H97NO8/c1-6-8-10-12-14-16-18-20-22-24-25-26-27-28-29-30-31-32-33-35-37-39-41-43-45-47-49-51-58(63)69-56(55-68-60(59(64)65)66-53-52-61(3,4)5)54-67-57(62)50-48-46-44-42-40-38-36-34-23-21-19-17-15-13-11-9-7-2/h8-11,14-17,20-23,25-26,28-29,31-32,35,37,56,60H,6-7,12-13,18-19,24,27,30,33-34,36,38-55H2,1-5H3/p+1/b10-8-,11-9-,16-14-,17-15-,22-20-,23-21-,26-25-,29-28-,32-31-,37-35-. The molecule has 0 aliphatic carbocycles. The van der Waals surface area contributed by atoms with Gasteiger partial charge in [0.1, 0.15) is 13.2 Å². The van der Waals surface area contributed by atoms with Crippen LogP contribution in [0.5, 0.6) is 0 Å². The van der Waals surface area contributed by atoms with E-state index in [1.165, 1.54) is 19.3 Å². The van der Waals surface area contributed by atoms with Crippen LogP contribution in [0.25, 0.3) is 0 Å². The molecule has 0 radical (unpaired) electrons. The second-order valence-corrected chi connectivity index (χ2v) is 18.4. The summed E-state index contributed by atoms with van der Waals surface area (Å²) in [5.74, 6) is -2.06. The number of carbonyl (C=O) groups excluding carboxylic acids is 2. The fraction of sp³-hybridized carbons (Fsp3) is 0.617. The number of ether oxygens (including phenoxy) is 4. The van der Waals surface area contributed by atoms with Crippen LogP contribution in [0.15, 0.2) is 122 Å². The first kappa shape index (κ1) is 64.7. The average molecular weight is 961 g/mol. The van der Waals surface area contributed by atoms with Crippen LogP contribution in [-0.4, -0.2) is 87.4 Å². The Labute approximate surface area is 421 Å². The quantitative estimate of drug-likeness (QED) is 0.0211. The third kappa shape index (κ3) is 51.4. The van der Waals surface area contributed by atoms with Crippen molar-refractivity contribution in [1.82, 2.24) is 0 Å². The van der Waals surface area contributed by atoms with Crippen molar-refractivity contribution in [3.05, 3.63) is 122 Å². The zero-order valence-electron chi connectivity index (χ0n) is 44.2. The van der Waals surface area contributed by atoms with E-state index in [0.717, 1.165) is 128 Å². The summed E-state index contributed by atoms with van der Waals surface area (Å²) in [6.45, 7) is 4.59. The van der Waals surface area contributed by atoms with Crippen molar-refractivity contribution in [2.45, 2.75) is 193 Å². The smallest absolute Gasteiger partial charge is 0.361 e. The second kappa shape index (κ2) is 50.1. The fourth-order valence-corrected chi connectivity index (χ4v) is 6.65. The molecule has 390 valence electrons. The molecule has 0 aromatic heterocycles. The van der Waals surface area contributed by atoms with Crippen LogP contribution in [0.3, 0.4) is 0 Å². The number of nitrogens with zero attached hydrogens (tertiary/aromatic N) is 1. The number of likely N-dealkylation sites (N-methyl/N-ethyl adjacent to an activating group) is 1.